The van der Waals surface area contributed by atoms with Gasteiger partial charge in [0.2, 0.25) is 5.91 Å². The Morgan fingerprint density at radius 3 is 2.58 bits per heavy atom. The molecule has 0 spiro atoms. The first-order valence-corrected chi connectivity index (χ1v) is 10.2. The number of ether oxygens (including phenoxy) is 1. The van der Waals surface area contributed by atoms with Gasteiger partial charge in [-0.25, -0.2) is 0 Å². The summed E-state index contributed by atoms with van der Waals surface area (Å²) in [6, 6.07) is 5.71. The summed E-state index contributed by atoms with van der Waals surface area (Å²) in [7, 11) is 1.62. The Bertz CT molecular complexity index is 661. The summed E-state index contributed by atoms with van der Waals surface area (Å²) < 4.78 is 6.08. The number of carbonyl (C=O) groups excluding carboxylic acids is 2. The average molecular weight is 423 g/mol. The zero-order valence-electron chi connectivity index (χ0n) is 15.4. The van der Waals surface area contributed by atoms with Crippen LogP contribution in [0.3, 0.4) is 0 Å². The molecule has 0 atom stereocenters. The summed E-state index contributed by atoms with van der Waals surface area (Å²) in [4.78, 5) is 26.7. The summed E-state index contributed by atoms with van der Waals surface area (Å²) in [5.41, 5.74) is 0.907. The number of hydrogen-bond donors (Lipinski definition) is 1. The fourth-order valence-electron chi connectivity index (χ4n) is 4.12. The van der Waals surface area contributed by atoms with Gasteiger partial charge in [0.25, 0.3) is 0 Å². The number of nitrogens with zero attached hydrogens (tertiary/aromatic N) is 1. The number of nitrogens with one attached hydrogen (secondary N) is 1. The van der Waals surface area contributed by atoms with Crippen molar-refractivity contribution in [1.82, 2.24) is 10.2 Å². The van der Waals surface area contributed by atoms with Crippen LogP contribution < -0.4 is 10.1 Å². The molecule has 0 unspecified atom stereocenters. The van der Waals surface area contributed by atoms with E-state index in [1.807, 2.05) is 18.2 Å². The number of benzene rings is 1. The van der Waals surface area contributed by atoms with Gasteiger partial charge in [-0.2, -0.15) is 0 Å². The number of halogens is 1. The first-order chi connectivity index (χ1) is 12.5. The maximum absolute atomic E-state index is 12.5. The fourth-order valence-corrected chi connectivity index (χ4v) is 4.71. The minimum atomic E-state index is -0.0411. The molecule has 1 aromatic carbocycles. The highest BCUT2D eigenvalue weighted by molar-refractivity contribution is 9.10. The van der Waals surface area contributed by atoms with Crippen LogP contribution in [-0.4, -0.2) is 48.9 Å². The highest BCUT2D eigenvalue weighted by Crippen LogP contribution is 2.34. The Hall–Kier alpha value is -1.40. The van der Waals surface area contributed by atoms with Gasteiger partial charge >= 0.3 is 0 Å². The van der Waals surface area contributed by atoms with Gasteiger partial charge in [-0.15, -0.1) is 0 Å². The van der Waals surface area contributed by atoms with Crippen LogP contribution in [0.5, 0.6) is 5.75 Å². The van der Waals surface area contributed by atoms with Crippen LogP contribution in [0, 0.1) is 0 Å². The van der Waals surface area contributed by atoms with E-state index in [-0.39, 0.29) is 11.4 Å². The SMILES string of the molecule is COc1ccc(CC(=O)NCC2(N3CCCC3)CCC(=O)CC2)cc1Br. The van der Waals surface area contributed by atoms with Gasteiger partial charge in [0, 0.05) is 24.9 Å². The number of rotatable bonds is 6. The standard InChI is InChI=1S/C20H27BrN2O3/c1-26-18-5-4-15(12-17(18)21)13-19(25)22-14-20(23-10-2-3-11-23)8-6-16(24)7-9-20/h4-5,12H,2-3,6-11,13-14H2,1H3,(H,22,25). The predicted molar refractivity (Wildman–Crippen MR) is 104 cm³/mol. The number of ketones is 1. The zero-order chi connectivity index (χ0) is 18.6. The summed E-state index contributed by atoms with van der Waals surface area (Å²) in [5.74, 6) is 1.14. The molecule has 0 bridgehead atoms. The smallest absolute Gasteiger partial charge is 0.224 e. The average Bonchev–Trinajstić information content (AvgIpc) is 3.17. The van der Waals surface area contributed by atoms with E-state index in [0.29, 0.717) is 31.6 Å². The van der Waals surface area contributed by atoms with E-state index in [4.69, 9.17) is 4.74 Å². The van der Waals surface area contributed by atoms with E-state index >= 15 is 0 Å². The molecule has 1 N–H and O–H groups in total. The minimum absolute atomic E-state index is 0.0255. The lowest BCUT2D eigenvalue weighted by Gasteiger charge is -2.44. The number of Topliss-reactive ketones (excluding diaryl/α,β-unsaturated/α-hetero) is 1. The van der Waals surface area contributed by atoms with Crippen LogP contribution in [0.2, 0.25) is 0 Å². The van der Waals surface area contributed by atoms with Crippen molar-refractivity contribution in [1.29, 1.82) is 0 Å². The van der Waals surface area contributed by atoms with E-state index < -0.39 is 0 Å². The number of amides is 1. The van der Waals surface area contributed by atoms with Crippen molar-refractivity contribution in [2.45, 2.75) is 50.5 Å². The van der Waals surface area contributed by atoms with Gasteiger partial charge < -0.3 is 10.1 Å². The van der Waals surface area contributed by atoms with E-state index in [9.17, 15) is 9.59 Å². The molecule has 1 saturated carbocycles. The van der Waals surface area contributed by atoms with Crippen molar-refractivity contribution in [3.8, 4) is 5.75 Å². The van der Waals surface area contributed by atoms with Gasteiger partial charge in [-0.1, -0.05) is 6.07 Å². The normalized spacial score (nSPS) is 20.2. The molecular formula is C20H27BrN2O3. The highest BCUT2D eigenvalue weighted by Gasteiger charge is 2.41. The van der Waals surface area contributed by atoms with Crippen molar-refractivity contribution >= 4 is 27.6 Å². The van der Waals surface area contributed by atoms with Crippen molar-refractivity contribution in [3.05, 3.63) is 28.2 Å². The van der Waals surface area contributed by atoms with Gasteiger partial charge in [0.05, 0.1) is 18.0 Å². The quantitative estimate of drug-likeness (QED) is 0.764. The molecule has 0 radical (unpaired) electrons. The zero-order valence-corrected chi connectivity index (χ0v) is 16.9. The fraction of sp³-hybridized carbons (Fsp3) is 0.600. The molecule has 5 nitrogen and oxygen atoms in total. The Labute approximate surface area is 163 Å². The number of carbonyl (C=O) groups is 2. The maximum atomic E-state index is 12.5. The van der Waals surface area contributed by atoms with Crippen molar-refractivity contribution in [2.75, 3.05) is 26.7 Å². The lowest BCUT2D eigenvalue weighted by atomic mass is 9.79. The lowest BCUT2D eigenvalue weighted by Crippen LogP contribution is -2.56. The largest absolute Gasteiger partial charge is 0.496 e. The Kier molecular flexibility index (Phi) is 6.35. The molecule has 1 aliphatic carbocycles. The predicted octanol–water partition coefficient (Wildman–Crippen LogP) is 3.09. The van der Waals surface area contributed by atoms with Crippen molar-refractivity contribution in [2.24, 2.45) is 0 Å². The first-order valence-electron chi connectivity index (χ1n) is 9.38. The van der Waals surface area contributed by atoms with Gasteiger partial charge in [0.15, 0.2) is 0 Å². The summed E-state index contributed by atoms with van der Waals surface area (Å²) >= 11 is 3.46. The second-order valence-corrected chi connectivity index (χ2v) is 8.23. The molecule has 2 aliphatic rings. The third kappa shape index (κ3) is 4.46. The minimum Gasteiger partial charge on any atom is -0.496 e. The number of hydrogen-bond acceptors (Lipinski definition) is 4. The third-order valence-corrected chi connectivity index (χ3v) is 6.33. The van der Waals surface area contributed by atoms with Crippen LogP contribution in [0.15, 0.2) is 22.7 Å². The number of methoxy groups -OCH3 is 1. The molecule has 1 saturated heterocycles. The Morgan fingerprint density at radius 1 is 1.27 bits per heavy atom. The molecule has 0 aromatic heterocycles. The van der Waals surface area contributed by atoms with Crippen LogP contribution in [-0.2, 0) is 16.0 Å². The van der Waals surface area contributed by atoms with E-state index in [1.165, 1.54) is 12.8 Å². The lowest BCUT2D eigenvalue weighted by molar-refractivity contribution is -0.123. The molecular weight excluding hydrogens is 396 g/mol. The van der Waals surface area contributed by atoms with E-state index in [0.717, 1.165) is 41.7 Å². The Morgan fingerprint density at radius 2 is 1.96 bits per heavy atom. The van der Waals surface area contributed by atoms with Crippen molar-refractivity contribution in [3.63, 3.8) is 0 Å². The molecule has 1 aromatic rings. The molecule has 1 aliphatic heterocycles. The Balaban J connectivity index is 1.60. The molecule has 142 valence electrons. The summed E-state index contributed by atoms with van der Waals surface area (Å²) in [6.45, 7) is 2.79. The summed E-state index contributed by atoms with van der Waals surface area (Å²) in [6.07, 6.45) is 5.76. The molecule has 3 rings (SSSR count). The van der Waals surface area contributed by atoms with E-state index in [2.05, 4.69) is 26.1 Å². The second kappa shape index (κ2) is 8.53. The van der Waals surface area contributed by atoms with Gasteiger partial charge in [-0.05, 0) is 72.4 Å². The molecule has 26 heavy (non-hydrogen) atoms. The van der Waals surface area contributed by atoms with Crippen LogP contribution >= 0.6 is 15.9 Å². The second-order valence-electron chi connectivity index (χ2n) is 7.38. The molecule has 6 heteroatoms. The topological polar surface area (TPSA) is 58.6 Å². The first kappa shape index (κ1) is 19.4. The monoisotopic (exact) mass is 422 g/mol. The highest BCUT2D eigenvalue weighted by atomic mass is 79.9. The third-order valence-electron chi connectivity index (χ3n) is 5.71. The van der Waals surface area contributed by atoms with Gasteiger partial charge in [0.1, 0.15) is 11.5 Å². The molecule has 2 fully saturated rings. The summed E-state index contributed by atoms with van der Waals surface area (Å²) in [5, 5.41) is 3.14. The van der Waals surface area contributed by atoms with Crippen LogP contribution in [0.25, 0.3) is 0 Å². The van der Waals surface area contributed by atoms with Gasteiger partial charge in [-0.3, -0.25) is 14.5 Å². The maximum Gasteiger partial charge on any atom is 0.224 e. The number of likely N-dealkylation sites (tertiary alicyclic amines) is 1. The van der Waals surface area contributed by atoms with E-state index in [1.54, 1.807) is 7.11 Å². The molecule has 1 amide bonds. The van der Waals surface area contributed by atoms with Crippen LogP contribution in [0.4, 0.5) is 0 Å². The molecule has 1 heterocycles. The van der Waals surface area contributed by atoms with Crippen LogP contribution in [0.1, 0.15) is 44.1 Å². The van der Waals surface area contributed by atoms with Crippen molar-refractivity contribution < 1.29 is 14.3 Å².